The Bertz CT molecular complexity index is 221. The average molecular weight is 165 g/mol. The Morgan fingerprint density at radius 2 is 1.67 bits per heavy atom. The van der Waals surface area contributed by atoms with Crippen molar-refractivity contribution in [1.29, 1.82) is 0 Å². The van der Waals surface area contributed by atoms with Gasteiger partial charge in [0.2, 0.25) is 0 Å². The standard InChI is InChI=1S/C11H17N.H2/c1-9(2)12-10(3)11-7-5-4-6-8-11;/h4-10,12H,1-3H3;1H/t10-;/m1./s1. The normalized spacial score (nSPS) is 13.3. The molecule has 0 spiro atoms. The van der Waals surface area contributed by atoms with Crippen LogP contribution in [0.2, 0.25) is 0 Å². The lowest BCUT2D eigenvalue weighted by Crippen LogP contribution is -2.25. The maximum absolute atomic E-state index is 3.46. The zero-order valence-corrected chi connectivity index (χ0v) is 8.04. The summed E-state index contributed by atoms with van der Waals surface area (Å²) >= 11 is 0. The van der Waals surface area contributed by atoms with Crippen molar-refractivity contribution in [1.82, 2.24) is 5.32 Å². The van der Waals surface area contributed by atoms with Crippen LogP contribution in [-0.4, -0.2) is 6.04 Å². The molecule has 0 fully saturated rings. The third kappa shape index (κ3) is 2.67. The molecule has 0 aliphatic heterocycles. The fourth-order valence-electron chi connectivity index (χ4n) is 1.34. The lowest BCUT2D eigenvalue weighted by atomic mass is 10.1. The van der Waals surface area contributed by atoms with E-state index in [-0.39, 0.29) is 1.43 Å². The van der Waals surface area contributed by atoms with E-state index in [1.165, 1.54) is 5.56 Å². The summed E-state index contributed by atoms with van der Waals surface area (Å²) in [5.41, 5.74) is 1.35. The van der Waals surface area contributed by atoms with Crippen molar-refractivity contribution in [2.45, 2.75) is 32.9 Å². The highest BCUT2D eigenvalue weighted by Gasteiger charge is 2.04. The third-order valence-corrected chi connectivity index (χ3v) is 1.88. The van der Waals surface area contributed by atoms with Crippen LogP contribution in [0.1, 0.15) is 33.8 Å². The van der Waals surface area contributed by atoms with Gasteiger partial charge in [-0.1, -0.05) is 44.2 Å². The number of rotatable bonds is 3. The third-order valence-electron chi connectivity index (χ3n) is 1.88. The summed E-state index contributed by atoms with van der Waals surface area (Å²) in [6.07, 6.45) is 0. The minimum absolute atomic E-state index is 0. The second-order valence-corrected chi connectivity index (χ2v) is 3.45. The van der Waals surface area contributed by atoms with E-state index in [0.29, 0.717) is 12.1 Å². The Morgan fingerprint density at radius 3 is 2.17 bits per heavy atom. The smallest absolute Gasteiger partial charge is 0.0294 e. The summed E-state index contributed by atoms with van der Waals surface area (Å²) in [5.74, 6) is 0. The Hall–Kier alpha value is -0.820. The minimum Gasteiger partial charge on any atom is -0.308 e. The first-order chi connectivity index (χ1) is 5.70. The van der Waals surface area contributed by atoms with Crippen LogP contribution in [0, 0.1) is 0 Å². The van der Waals surface area contributed by atoms with Crippen LogP contribution in [0.5, 0.6) is 0 Å². The first-order valence-electron chi connectivity index (χ1n) is 4.51. The number of hydrogen-bond donors (Lipinski definition) is 1. The van der Waals surface area contributed by atoms with E-state index >= 15 is 0 Å². The van der Waals surface area contributed by atoms with Gasteiger partial charge in [0.15, 0.2) is 0 Å². The Morgan fingerprint density at radius 1 is 1.08 bits per heavy atom. The molecule has 1 heteroatoms. The van der Waals surface area contributed by atoms with E-state index in [1.807, 2.05) is 6.07 Å². The number of benzene rings is 1. The van der Waals surface area contributed by atoms with E-state index in [0.717, 1.165) is 0 Å². The van der Waals surface area contributed by atoms with Crippen LogP contribution in [0.25, 0.3) is 0 Å². The molecule has 12 heavy (non-hydrogen) atoms. The molecule has 1 atom stereocenters. The predicted molar refractivity (Wildman–Crippen MR) is 55.2 cm³/mol. The van der Waals surface area contributed by atoms with Gasteiger partial charge in [0, 0.05) is 13.5 Å². The van der Waals surface area contributed by atoms with Crippen molar-refractivity contribution in [3.8, 4) is 0 Å². The van der Waals surface area contributed by atoms with Gasteiger partial charge in [-0.15, -0.1) is 0 Å². The summed E-state index contributed by atoms with van der Waals surface area (Å²) in [7, 11) is 0. The Kier molecular flexibility index (Phi) is 3.30. The van der Waals surface area contributed by atoms with Crippen LogP contribution < -0.4 is 5.32 Å². The molecule has 0 heterocycles. The van der Waals surface area contributed by atoms with Crippen molar-refractivity contribution in [2.24, 2.45) is 0 Å². The number of nitrogens with one attached hydrogen (secondary N) is 1. The van der Waals surface area contributed by atoms with Crippen molar-refractivity contribution < 1.29 is 1.43 Å². The second-order valence-electron chi connectivity index (χ2n) is 3.45. The largest absolute Gasteiger partial charge is 0.308 e. The molecular formula is C11H19N. The van der Waals surface area contributed by atoms with Gasteiger partial charge < -0.3 is 5.32 Å². The molecule has 0 aromatic heterocycles. The molecule has 0 amide bonds. The molecule has 1 N–H and O–H groups in total. The van der Waals surface area contributed by atoms with Crippen LogP contribution in [-0.2, 0) is 0 Å². The highest BCUT2D eigenvalue weighted by molar-refractivity contribution is 5.18. The average Bonchev–Trinajstić information content (AvgIpc) is 2.05. The van der Waals surface area contributed by atoms with E-state index in [9.17, 15) is 0 Å². The van der Waals surface area contributed by atoms with E-state index < -0.39 is 0 Å². The molecule has 0 bridgehead atoms. The van der Waals surface area contributed by atoms with Crippen molar-refractivity contribution in [3.63, 3.8) is 0 Å². The van der Waals surface area contributed by atoms with Gasteiger partial charge in [-0.2, -0.15) is 0 Å². The van der Waals surface area contributed by atoms with Gasteiger partial charge in [-0.3, -0.25) is 0 Å². The van der Waals surface area contributed by atoms with E-state index in [1.54, 1.807) is 0 Å². The van der Waals surface area contributed by atoms with Gasteiger partial charge >= 0.3 is 0 Å². The van der Waals surface area contributed by atoms with Crippen LogP contribution >= 0.6 is 0 Å². The highest BCUT2D eigenvalue weighted by atomic mass is 14.9. The molecule has 68 valence electrons. The summed E-state index contributed by atoms with van der Waals surface area (Å²) in [5, 5.41) is 3.46. The number of hydrogen-bond acceptors (Lipinski definition) is 1. The highest BCUT2D eigenvalue weighted by Crippen LogP contribution is 2.11. The summed E-state index contributed by atoms with van der Waals surface area (Å²) in [6.45, 7) is 6.52. The first-order valence-corrected chi connectivity index (χ1v) is 4.51. The van der Waals surface area contributed by atoms with E-state index in [4.69, 9.17) is 0 Å². The van der Waals surface area contributed by atoms with Crippen LogP contribution in [0.3, 0.4) is 0 Å². The van der Waals surface area contributed by atoms with E-state index in [2.05, 4.69) is 50.4 Å². The molecule has 1 rings (SSSR count). The van der Waals surface area contributed by atoms with Gasteiger partial charge in [0.25, 0.3) is 0 Å². The zero-order chi connectivity index (χ0) is 8.97. The molecule has 1 nitrogen and oxygen atoms in total. The van der Waals surface area contributed by atoms with Crippen LogP contribution in [0.15, 0.2) is 30.3 Å². The SMILES string of the molecule is CC(C)N[C@H](C)c1ccccc1.[HH]. The zero-order valence-electron chi connectivity index (χ0n) is 8.04. The maximum Gasteiger partial charge on any atom is 0.0294 e. The second kappa shape index (κ2) is 4.27. The van der Waals surface area contributed by atoms with Gasteiger partial charge in [-0.25, -0.2) is 0 Å². The fraction of sp³-hybridized carbons (Fsp3) is 0.455. The predicted octanol–water partition coefficient (Wildman–Crippen LogP) is 2.99. The molecule has 0 saturated heterocycles. The molecule has 1 aromatic carbocycles. The molecule has 0 aliphatic rings. The van der Waals surface area contributed by atoms with Gasteiger partial charge in [0.1, 0.15) is 0 Å². The van der Waals surface area contributed by atoms with Crippen molar-refractivity contribution in [3.05, 3.63) is 35.9 Å². The van der Waals surface area contributed by atoms with Crippen molar-refractivity contribution >= 4 is 0 Å². The van der Waals surface area contributed by atoms with Crippen LogP contribution in [0.4, 0.5) is 0 Å². The summed E-state index contributed by atoms with van der Waals surface area (Å²) < 4.78 is 0. The molecule has 0 radical (unpaired) electrons. The lowest BCUT2D eigenvalue weighted by Gasteiger charge is -2.16. The van der Waals surface area contributed by atoms with Gasteiger partial charge in [0.05, 0.1) is 0 Å². The van der Waals surface area contributed by atoms with Crippen molar-refractivity contribution in [2.75, 3.05) is 0 Å². The molecule has 1 aromatic rings. The quantitative estimate of drug-likeness (QED) is 0.726. The lowest BCUT2D eigenvalue weighted by molar-refractivity contribution is 0.506. The topological polar surface area (TPSA) is 12.0 Å². The monoisotopic (exact) mass is 165 g/mol. The molecule has 0 unspecified atom stereocenters. The Labute approximate surface area is 76.3 Å². The fourth-order valence-corrected chi connectivity index (χ4v) is 1.34. The molecular weight excluding hydrogens is 146 g/mol. The Balaban J connectivity index is 0.00000144. The first kappa shape index (κ1) is 9.27. The minimum atomic E-state index is 0. The van der Waals surface area contributed by atoms with Gasteiger partial charge in [-0.05, 0) is 12.5 Å². The summed E-state index contributed by atoms with van der Waals surface area (Å²) in [4.78, 5) is 0. The molecule has 0 aliphatic carbocycles. The molecule has 0 saturated carbocycles. The summed E-state index contributed by atoms with van der Waals surface area (Å²) in [6, 6.07) is 11.5. The maximum atomic E-state index is 3.46.